The Morgan fingerprint density at radius 1 is 0.667 bits per heavy atom. The fourth-order valence-electron chi connectivity index (χ4n) is 0. The minimum absolute atomic E-state index is 0. The van der Waals surface area contributed by atoms with Gasteiger partial charge in [0.15, 0.2) is 0 Å². The SMILES string of the molecule is NC(N)=O.NC(N)=O.O=[N+]([O-])[O-].O=[N+]([O-])[O-].[NH4+].[NH4+]. The molecule has 16 heteroatoms. The van der Waals surface area contributed by atoms with Crippen molar-refractivity contribution in [1.82, 2.24) is 12.3 Å². The molecular weight excluding hydrogens is 264 g/mol. The minimum Gasteiger partial charge on any atom is -0.369 e. The number of amides is 4. The molecule has 0 aliphatic rings. The van der Waals surface area contributed by atoms with Gasteiger partial charge in [-0.05, 0) is 0 Å². The van der Waals surface area contributed by atoms with Crippen LogP contribution in [0.1, 0.15) is 0 Å². The maximum absolute atomic E-state index is 9.00. The van der Waals surface area contributed by atoms with Crippen molar-refractivity contribution in [3.8, 4) is 0 Å². The minimum atomic E-state index is -1.75. The van der Waals surface area contributed by atoms with Crippen molar-refractivity contribution in [2.75, 3.05) is 0 Å². The van der Waals surface area contributed by atoms with Crippen LogP contribution < -0.4 is 35.2 Å². The molecule has 0 atom stereocenters. The van der Waals surface area contributed by atoms with Crippen LogP contribution in [0.4, 0.5) is 9.59 Å². The van der Waals surface area contributed by atoms with Gasteiger partial charge < -0.3 is 65.9 Å². The van der Waals surface area contributed by atoms with Crippen LogP contribution in [0, 0.1) is 30.6 Å². The van der Waals surface area contributed by atoms with Gasteiger partial charge in [0, 0.05) is 0 Å². The van der Waals surface area contributed by atoms with Crippen molar-refractivity contribution in [2.45, 2.75) is 0 Å². The second-order valence-electron chi connectivity index (χ2n) is 1.25. The standard InChI is InChI=1S/2CH4N2O.2NO3.2H3N/c4*2-1(3)4;;/h2*(H4,2,3,4);;;2*1H3/q;;2*-1;;/p+2. The number of hydrogen-bond acceptors (Lipinski definition) is 8. The average molecular weight is 280 g/mol. The van der Waals surface area contributed by atoms with Gasteiger partial charge in [-0.3, -0.25) is 0 Å². The number of nitrogens with two attached hydrogens (primary N) is 4. The fraction of sp³-hybridized carbons (Fsp3) is 0. The molecule has 0 unspecified atom stereocenters. The van der Waals surface area contributed by atoms with Crippen LogP contribution in [0.3, 0.4) is 0 Å². The Kier molecular flexibility index (Phi) is 59.0. The summed E-state index contributed by atoms with van der Waals surface area (Å²) >= 11 is 0. The summed E-state index contributed by atoms with van der Waals surface area (Å²) in [5.74, 6) is 0. The Balaban J connectivity index is -0.0000000257. The van der Waals surface area contributed by atoms with E-state index >= 15 is 0 Å². The van der Waals surface area contributed by atoms with Crippen molar-refractivity contribution >= 4 is 12.1 Å². The molecule has 0 heterocycles. The van der Waals surface area contributed by atoms with E-state index in [-0.39, 0.29) is 12.3 Å². The van der Waals surface area contributed by atoms with Crippen molar-refractivity contribution < 1.29 is 19.8 Å². The number of hydrogen-bond donors (Lipinski definition) is 6. The van der Waals surface area contributed by atoms with Crippen LogP contribution in [-0.4, -0.2) is 22.2 Å². The molecule has 0 spiro atoms. The average Bonchev–Trinajstić information content (AvgIpc) is 1.76. The quantitative estimate of drug-likeness (QED) is 0.219. The third-order valence-electron chi connectivity index (χ3n) is 0. The Morgan fingerprint density at radius 2 is 0.667 bits per heavy atom. The molecule has 16 nitrogen and oxygen atoms in total. The lowest BCUT2D eigenvalue weighted by Crippen LogP contribution is -2.18. The summed E-state index contributed by atoms with van der Waals surface area (Å²) in [4.78, 5) is 34.5. The molecule has 18 heavy (non-hydrogen) atoms. The second kappa shape index (κ2) is 29.2. The first kappa shape index (κ1) is 36.4. The second-order valence-corrected chi connectivity index (χ2v) is 1.25. The van der Waals surface area contributed by atoms with Gasteiger partial charge in [0.25, 0.3) is 0 Å². The molecular formula is C2H16N8O8. The van der Waals surface area contributed by atoms with Gasteiger partial charge in [0.2, 0.25) is 0 Å². The van der Waals surface area contributed by atoms with E-state index in [1.54, 1.807) is 0 Å². The summed E-state index contributed by atoms with van der Waals surface area (Å²) in [6.07, 6.45) is 0. The highest BCUT2D eigenvalue weighted by Crippen LogP contribution is 1.44. The number of urea groups is 2. The van der Waals surface area contributed by atoms with E-state index in [1.807, 2.05) is 0 Å². The zero-order valence-electron chi connectivity index (χ0n) is 9.47. The first-order valence-electron chi connectivity index (χ1n) is 2.66. The molecule has 0 aromatic heterocycles. The molecule has 0 radical (unpaired) electrons. The van der Waals surface area contributed by atoms with E-state index in [9.17, 15) is 0 Å². The topological polar surface area (TPSA) is 344 Å². The number of rotatable bonds is 0. The third kappa shape index (κ3) is 183. The van der Waals surface area contributed by atoms with Crippen molar-refractivity contribution in [2.24, 2.45) is 22.9 Å². The molecule has 0 rings (SSSR count). The van der Waals surface area contributed by atoms with E-state index in [4.69, 9.17) is 40.2 Å². The van der Waals surface area contributed by atoms with Gasteiger partial charge in [-0.2, -0.15) is 0 Å². The predicted molar refractivity (Wildman–Crippen MR) is 60.2 cm³/mol. The zero-order valence-corrected chi connectivity index (χ0v) is 9.47. The van der Waals surface area contributed by atoms with Crippen LogP contribution in [0.2, 0.25) is 0 Å². The van der Waals surface area contributed by atoms with E-state index in [0.29, 0.717) is 0 Å². The molecule has 112 valence electrons. The molecule has 0 fully saturated rings. The summed E-state index contributed by atoms with van der Waals surface area (Å²) < 4.78 is 0. The molecule has 0 aliphatic heterocycles. The van der Waals surface area contributed by atoms with Crippen LogP contribution in [-0.2, 0) is 0 Å². The number of quaternary nitrogens is 2. The first-order valence-corrected chi connectivity index (χ1v) is 2.66. The van der Waals surface area contributed by atoms with E-state index < -0.39 is 22.2 Å². The molecule has 4 amide bonds. The maximum atomic E-state index is 9.00. The fourth-order valence-corrected chi connectivity index (χ4v) is 0. The smallest absolute Gasteiger partial charge is 0.309 e. The Hall–Kier alpha value is -3.14. The molecule has 0 aromatic carbocycles. The first-order chi connectivity index (χ1) is 6.93. The van der Waals surface area contributed by atoms with Gasteiger partial charge in [-0.15, -0.1) is 0 Å². The highest BCUT2D eigenvalue weighted by Gasteiger charge is 1.61. The highest BCUT2D eigenvalue weighted by atomic mass is 16.9. The molecule has 0 aliphatic carbocycles. The number of primary amides is 4. The highest BCUT2D eigenvalue weighted by molar-refractivity contribution is 5.69. The molecule has 0 bridgehead atoms. The monoisotopic (exact) mass is 280 g/mol. The van der Waals surface area contributed by atoms with Crippen molar-refractivity contribution in [3.05, 3.63) is 30.6 Å². The van der Waals surface area contributed by atoms with Crippen molar-refractivity contribution in [3.63, 3.8) is 0 Å². The number of carbonyl (C=O) groups is 2. The molecule has 0 aromatic rings. The van der Waals surface area contributed by atoms with Gasteiger partial charge in [-0.1, -0.05) is 0 Å². The van der Waals surface area contributed by atoms with Crippen LogP contribution in [0.15, 0.2) is 0 Å². The summed E-state index contributed by atoms with van der Waals surface area (Å²) in [6, 6.07) is -1.67. The molecule has 16 N–H and O–H groups in total. The number of carbonyl (C=O) groups excluding carboxylic acids is 2. The lowest BCUT2D eigenvalue weighted by atomic mass is 11.2. The third-order valence-corrected chi connectivity index (χ3v) is 0. The molecule has 0 saturated heterocycles. The van der Waals surface area contributed by atoms with E-state index in [0.717, 1.165) is 0 Å². The Bertz CT molecular complexity index is 165. The predicted octanol–water partition coefficient (Wildman–Crippen LogP) is -1.68. The largest absolute Gasteiger partial charge is 0.369 e. The normalized spacial score (nSPS) is 5.33. The van der Waals surface area contributed by atoms with Crippen LogP contribution in [0.5, 0.6) is 0 Å². The maximum Gasteiger partial charge on any atom is 0.309 e. The van der Waals surface area contributed by atoms with E-state index in [1.165, 1.54) is 0 Å². The Morgan fingerprint density at radius 3 is 0.667 bits per heavy atom. The number of nitrogens with zero attached hydrogens (tertiary/aromatic N) is 2. The van der Waals surface area contributed by atoms with Gasteiger partial charge in [0.1, 0.15) is 0 Å². The van der Waals surface area contributed by atoms with Gasteiger partial charge in [-0.25, -0.2) is 9.59 Å². The summed E-state index contributed by atoms with van der Waals surface area (Å²) in [5.41, 5.74) is 17.0. The van der Waals surface area contributed by atoms with Crippen LogP contribution >= 0.6 is 0 Å². The summed E-state index contributed by atoms with van der Waals surface area (Å²) in [7, 11) is 0. The summed E-state index contributed by atoms with van der Waals surface area (Å²) in [5, 5.41) is 29.5. The zero-order chi connectivity index (χ0) is 14.3. The summed E-state index contributed by atoms with van der Waals surface area (Å²) in [6.45, 7) is 0. The van der Waals surface area contributed by atoms with Gasteiger partial charge >= 0.3 is 12.1 Å². The lowest BCUT2D eigenvalue weighted by molar-refractivity contribution is -0.403. The van der Waals surface area contributed by atoms with Crippen LogP contribution in [0.25, 0.3) is 0 Å². The van der Waals surface area contributed by atoms with Gasteiger partial charge in [0.05, 0.1) is 10.2 Å². The lowest BCUT2D eigenvalue weighted by Gasteiger charge is -1.74. The van der Waals surface area contributed by atoms with E-state index in [2.05, 4.69) is 22.9 Å². The van der Waals surface area contributed by atoms with Crippen molar-refractivity contribution in [1.29, 1.82) is 0 Å². The molecule has 0 saturated carbocycles. The Labute approximate surface area is 98.9 Å².